The zero-order chi connectivity index (χ0) is 8.74. The average molecular weight is 187 g/mol. The summed E-state index contributed by atoms with van der Waals surface area (Å²) in [5.41, 5.74) is 0. The second-order valence-corrected chi connectivity index (χ2v) is 9.74. The maximum Gasteiger partial charge on any atom is 0.131 e. The predicted octanol–water partition coefficient (Wildman–Crippen LogP) is 2.64. The van der Waals surface area contributed by atoms with E-state index < -0.39 is 8.24 Å². The first kappa shape index (κ1) is 11.4. The lowest BCUT2D eigenvalue weighted by molar-refractivity contribution is 1.10. The molecule has 0 aromatic carbocycles. The van der Waals surface area contributed by atoms with Crippen molar-refractivity contribution in [1.82, 2.24) is 4.65 Å². The molecule has 0 aromatic heterocycles. The molecule has 0 heterocycles. The van der Waals surface area contributed by atoms with Gasteiger partial charge in [-0.1, -0.05) is 27.7 Å². The third-order valence-electron chi connectivity index (χ3n) is 2.56. The summed E-state index contributed by atoms with van der Waals surface area (Å²) in [5, 5.41) is 0. The molecule has 0 aliphatic carbocycles. The van der Waals surface area contributed by atoms with Gasteiger partial charge in [0.15, 0.2) is 0 Å². The van der Waals surface area contributed by atoms with Crippen LogP contribution in [0.5, 0.6) is 0 Å². The van der Waals surface area contributed by atoms with E-state index in [0.717, 1.165) is 9.68 Å². The van der Waals surface area contributed by atoms with Gasteiger partial charge in [-0.05, 0) is 24.2 Å². The lowest BCUT2D eigenvalue weighted by Crippen LogP contribution is -2.50. The first-order valence-electron chi connectivity index (χ1n) is 4.74. The molecule has 0 aliphatic rings. The predicted molar refractivity (Wildman–Crippen MR) is 56.6 cm³/mol. The van der Waals surface area contributed by atoms with E-state index in [0.29, 0.717) is 0 Å². The molecule has 2 radical (unpaired) electrons. The van der Waals surface area contributed by atoms with Crippen molar-refractivity contribution < 1.29 is 0 Å². The summed E-state index contributed by atoms with van der Waals surface area (Å²) >= 11 is 0. The maximum atomic E-state index is 3.80. The summed E-state index contributed by atoms with van der Waals surface area (Å²) in [6, 6.07) is 5.49. The normalized spacial score (nSPS) is 12.0. The quantitative estimate of drug-likeness (QED) is 0.630. The highest BCUT2D eigenvalue weighted by molar-refractivity contribution is 6.82. The van der Waals surface area contributed by atoms with Crippen molar-refractivity contribution in [3.05, 3.63) is 0 Å². The summed E-state index contributed by atoms with van der Waals surface area (Å²) < 4.78 is 3.80. The van der Waals surface area contributed by atoms with Gasteiger partial charge >= 0.3 is 0 Å². The molecule has 0 saturated carbocycles. The van der Waals surface area contributed by atoms with Gasteiger partial charge in [-0.25, -0.2) is 0 Å². The van der Waals surface area contributed by atoms with Crippen LogP contribution >= 0.6 is 0 Å². The van der Waals surface area contributed by atoms with Gasteiger partial charge in [0.05, 0.1) is 0 Å². The van der Waals surface area contributed by atoms with Crippen LogP contribution in [0.4, 0.5) is 0 Å². The van der Waals surface area contributed by atoms with Crippen LogP contribution in [0.15, 0.2) is 0 Å². The third-order valence-corrected chi connectivity index (χ3v) is 9.80. The van der Waals surface area contributed by atoms with E-state index in [9.17, 15) is 0 Å². The molecule has 3 heteroatoms. The van der Waals surface area contributed by atoms with Crippen molar-refractivity contribution in [2.45, 2.75) is 51.9 Å². The Balaban J connectivity index is 3.84. The zero-order valence-corrected chi connectivity index (χ0v) is 10.3. The van der Waals surface area contributed by atoms with Crippen molar-refractivity contribution in [3.8, 4) is 0 Å². The molecule has 0 bridgehead atoms. The zero-order valence-electron chi connectivity index (χ0n) is 8.33. The Morgan fingerprint density at radius 3 is 1.73 bits per heavy atom. The van der Waals surface area contributed by atoms with Gasteiger partial charge in [0.1, 0.15) is 17.9 Å². The minimum Gasteiger partial charge on any atom is -0.361 e. The van der Waals surface area contributed by atoms with Gasteiger partial charge in [-0.2, -0.15) is 0 Å². The number of hydrogen-bond acceptors (Lipinski definition) is 1. The molecule has 0 saturated heterocycles. The molecule has 11 heavy (non-hydrogen) atoms. The second-order valence-electron chi connectivity index (χ2n) is 3.00. The molecule has 0 atom stereocenters. The summed E-state index contributed by atoms with van der Waals surface area (Å²) in [6.07, 6.45) is 0. The third kappa shape index (κ3) is 3.53. The molecule has 0 amide bonds. The number of nitrogens with one attached hydrogen (secondary N) is 1. The summed E-state index contributed by atoms with van der Waals surface area (Å²) in [4.78, 5) is 0. The van der Waals surface area contributed by atoms with Crippen LogP contribution in [0.3, 0.4) is 0 Å². The van der Waals surface area contributed by atoms with Crippen molar-refractivity contribution in [1.29, 1.82) is 0 Å². The fourth-order valence-electron chi connectivity index (χ4n) is 1.29. The van der Waals surface area contributed by atoms with Crippen molar-refractivity contribution >= 4 is 17.9 Å². The van der Waals surface area contributed by atoms with Gasteiger partial charge < -0.3 is 4.65 Å². The highest BCUT2D eigenvalue weighted by atomic mass is 28.4. The minimum atomic E-state index is -0.976. The first-order valence-corrected chi connectivity index (χ1v) is 8.57. The molecule has 0 aromatic rings. The highest BCUT2D eigenvalue weighted by Gasteiger charge is 2.25. The standard InChI is InChI=1S/C8H21NSi2/c1-5-10-9-11(6-2,7-3)8-4/h9H,5-8H2,1-4H3. The first-order chi connectivity index (χ1) is 5.24. The van der Waals surface area contributed by atoms with Crippen LogP contribution in [0.25, 0.3) is 0 Å². The Morgan fingerprint density at radius 1 is 1.00 bits per heavy atom. The molecule has 0 aliphatic heterocycles. The van der Waals surface area contributed by atoms with E-state index >= 15 is 0 Å². The van der Waals surface area contributed by atoms with Gasteiger partial charge in [0.25, 0.3) is 0 Å². The Hall–Kier alpha value is 0.394. The topological polar surface area (TPSA) is 12.0 Å². The van der Waals surface area contributed by atoms with E-state index in [1.165, 1.54) is 24.2 Å². The molecule has 1 nitrogen and oxygen atoms in total. The smallest absolute Gasteiger partial charge is 0.131 e. The number of hydrogen-bond donors (Lipinski definition) is 1. The van der Waals surface area contributed by atoms with E-state index in [1.54, 1.807) is 0 Å². The lowest BCUT2D eigenvalue weighted by Gasteiger charge is -2.28. The Labute approximate surface area is 75.0 Å². The lowest BCUT2D eigenvalue weighted by atomic mass is 10.9. The minimum absolute atomic E-state index is 0.976. The SMILES string of the molecule is CC[Si]N[Si](CC)(CC)CC. The average Bonchev–Trinajstić information content (AvgIpc) is 2.08. The van der Waals surface area contributed by atoms with Gasteiger partial charge in [-0.3, -0.25) is 0 Å². The van der Waals surface area contributed by atoms with E-state index in [-0.39, 0.29) is 0 Å². The maximum absolute atomic E-state index is 3.80. The van der Waals surface area contributed by atoms with Crippen LogP contribution in [-0.2, 0) is 0 Å². The summed E-state index contributed by atoms with van der Waals surface area (Å²) in [7, 11) is 0.0224. The summed E-state index contributed by atoms with van der Waals surface area (Å²) in [5.74, 6) is 0. The molecule has 0 unspecified atom stereocenters. The number of rotatable bonds is 6. The summed E-state index contributed by atoms with van der Waals surface area (Å²) in [6.45, 7) is 9.27. The van der Waals surface area contributed by atoms with Crippen molar-refractivity contribution in [2.75, 3.05) is 0 Å². The van der Waals surface area contributed by atoms with Gasteiger partial charge in [-0.15, -0.1) is 0 Å². The van der Waals surface area contributed by atoms with Crippen LogP contribution < -0.4 is 4.65 Å². The van der Waals surface area contributed by atoms with Gasteiger partial charge in [0.2, 0.25) is 0 Å². The van der Waals surface area contributed by atoms with Crippen molar-refractivity contribution in [2.24, 2.45) is 0 Å². The fraction of sp³-hybridized carbons (Fsp3) is 1.00. The van der Waals surface area contributed by atoms with E-state index in [4.69, 9.17) is 0 Å². The molecule has 0 spiro atoms. The van der Waals surface area contributed by atoms with Gasteiger partial charge in [0, 0.05) is 0 Å². The van der Waals surface area contributed by atoms with Crippen LogP contribution in [0, 0.1) is 0 Å². The van der Waals surface area contributed by atoms with E-state index in [1.807, 2.05) is 0 Å². The monoisotopic (exact) mass is 187 g/mol. The van der Waals surface area contributed by atoms with Crippen LogP contribution in [-0.4, -0.2) is 17.9 Å². The molecule has 66 valence electrons. The molecule has 0 fully saturated rings. The van der Waals surface area contributed by atoms with E-state index in [2.05, 4.69) is 32.3 Å². The van der Waals surface area contributed by atoms with Crippen LogP contribution in [0.1, 0.15) is 27.7 Å². The highest BCUT2D eigenvalue weighted by Crippen LogP contribution is 2.15. The Morgan fingerprint density at radius 2 is 1.45 bits per heavy atom. The molecular weight excluding hydrogens is 166 g/mol. The Bertz CT molecular complexity index is 83.8. The molecule has 0 rings (SSSR count). The molecular formula is C8H21NSi2. The largest absolute Gasteiger partial charge is 0.361 e. The fourth-order valence-corrected chi connectivity index (χ4v) is 7.12. The Kier molecular flexibility index (Phi) is 6.18. The van der Waals surface area contributed by atoms with Crippen LogP contribution in [0.2, 0.25) is 24.2 Å². The second kappa shape index (κ2) is 5.97. The van der Waals surface area contributed by atoms with Crippen molar-refractivity contribution in [3.63, 3.8) is 0 Å². The molecule has 1 N–H and O–H groups in total.